The van der Waals surface area contributed by atoms with Crippen molar-refractivity contribution in [1.29, 1.82) is 0 Å². The minimum absolute atomic E-state index is 0.0914. The van der Waals surface area contributed by atoms with Crippen molar-refractivity contribution in [3.8, 4) is 0 Å². The van der Waals surface area contributed by atoms with E-state index >= 15 is 0 Å². The maximum absolute atomic E-state index is 13.6. The van der Waals surface area contributed by atoms with Gasteiger partial charge in [0, 0.05) is 12.2 Å². The van der Waals surface area contributed by atoms with Gasteiger partial charge in [-0.15, -0.1) is 0 Å². The van der Waals surface area contributed by atoms with Gasteiger partial charge >= 0.3 is 6.03 Å². The number of aromatic nitrogens is 2. The molecule has 9 heteroatoms. The van der Waals surface area contributed by atoms with Crippen LogP contribution in [0, 0.1) is 5.82 Å². The third kappa shape index (κ3) is 4.45. The molecule has 156 valence electrons. The lowest BCUT2D eigenvalue weighted by Crippen LogP contribution is -2.28. The molecule has 6 N–H and O–H groups in total. The standard InChI is InChI=1S/C22H19FN6O2/c23-16-8-1-2-9-17(16)27-22(31)25-12-13-5-3-6-14(11-13)26-21(30)15-7-4-10-18-19(15)20(24)29-28-18/h1-11H,12H2,(H,26,30)(H3,24,28,29)(H2,25,27,31). The molecule has 0 saturated carbocycles. The Morgan fingerprint density at radius 1 is 1.00 bits per heavy atom. The van der Waals surface area contributed by atoms with Crippen LogP contribution in [0.5, 0.6) is 0 Å². The first-order chi connectivity index (χ1) is 15.0. The highest BCUT2D eigenvalue weighted by atomic mass is 19.1. The second-order valence-corrected chi connectivity index (χ2v) is 6.78. The Balaban J connectivity index is 1.41. The molecule has 0 unspecified atom stereocenters. The monoisotopic (exact) mass is 418 g/mol. The Hall–Kier alpha value is -4.40. The van der Waals surface area contributed by atoms with Gasteiger partial charge in [0.15, 0.2) is 5.82 Å². The van der Waals surface area contributed by atoms with Crippen molar-refractivity contribution in [3.05, 3.63) is 83.7 Å². The Kier molecular flexibility index (Phi) is 5.48. The molecule has 0 spiro atoms. The highest BCUT2D eigenvalue weighted by molar-refractivity contribution is 6.14. The molecule has 4 aromatic rings. The number of hydrogen-bond acceptors (Lipinski definition) is 4. The number of para-hydroxylation sites is 1. The van der Waals surface area contributed by atoms with Crippen molar-refractivity contribution in [2.75, 3.05) is 16.4 Å². The molecule has 8 nitrogen and oxygen atoms in total. The van der Waals surface area contributed by atoms with Crippen LogP contribution in [-0.2, 0) is 6.54 Å². The van der Waals surface area contributed by atoms with Crippen molar-refractivity contribution >= 4 is 40.0 Å². The van der Waals surface area contributed by atoms with Crippen molar-refractivity contribution < 1.29 is 14.0 Å². The third-order valence-corrected chi connectivity index (χ3v) is 4.62. The van der Waals surface area contributed by atoms with Gasteiger partial charge in [-0.1, -0.05) is 30.3 Å². The van der Waals surface area contributed by atoms with Gasteiger partial charge in [0.2, 0.25) is 0 Å². The molecule has 1 aromatic heterocycles. The number of carbonyl (C=O) groups is 2. The van der Waals surface area contributed by atoms with E-state index in [-0.39, 0.29) is 24.0 Å². The van der Waals surface area contributed by atoms with Crippen LogP contribution >= 0.6 is 0 Å². The first-order valence-electron chi connectivity index (χ1n) is 9.43. The highest BCUT2D eigenvalue weighted by Crippen LogP contribution is 2.23. The molecule has 0 bridgehead atoms. The maximum Gasteiger partial charge on any atom is 0.319 e. The number of nitrogens with one attached hydrogen (secondary N) is 4. The average molecular weight is 418 g/mol. The van der Waals surface area contributed by atoms with E-state index in [4.69, 9.17) is 5.73 Å². The van der Waals surface area contributed by atoms with Gasteiger partial charge in [0.05, 0.1) is 22.2 Å². The number of fused-ring (bicyclic) bond motifs is 1. The number of carbonyl (C=O) groups excluding carboxylic acids is 2. The number of halogens is 1. The zero-order valence-electron chi connectivity index (χ0n) is 16.3. The Morgan fingerprint density at radius 2 is 1.81 bits per heavy atom. The number of aromatic amines is 1. The minimum atomic E-state index is -0.540. The summed E-state index contributed by atoms with van der Waals surface area (Å²) in [5, 5.41) is 15.2. The van der Waals surface area contributed by atoms with E-state index in [0.717, 1.165) is 5.56 Å². The van der Waals surface area contributed by atoms with Gasteiger partial charge < -0.3 is 21.7 Å². The summed E-state index contributed by atoms with van der Waals surface area (Å²) in [5.41, 5.74) is 8.34. The predicted octanol–water partition coefficient (Wildman–Crippen LogP) is 3.86. The van der Waals surface area contributed by atoms with E-state index in [1.165, 1.54) is 12.1 Å². The fourth-order valence-electron chi connectivity index (χ4n) is 3.16. The number of nitrogen functional groups attached to an aromatic ring is 1. The van der Waals surface area contributed by atoms with Gasteiger partial charge in [0.25, 0.3) is 5.91 Å². The molecule has 4 rings (SSSR count). The van der Waals surface area contributed by atoms with Crippen LogP contribution in [0.2, 0.25) is 0 Å². The lowest BCUT2D eigenvalue weighted by molar-refractivity contribution is 0.102. The largest absolute Gasteiger partial charge is 0.382 e. The number of rotatable bonds is 5. The van der Waals surface area contributed by atoms with Crippen molar-refractivity contribution in [3.63, 3.8) is 0 Å². The number of benzene rings is 3. The molecular formula is C22H19FN6O2. The summed E-state index contributed by atoms with van der Waals surface area (Å²) in [7, 11) is 0. The fourth-order valence-corrected chi connectivity index (χ4v) is 3.16. The number of hydrogen-bond donors (Lipinski definition) is 5. The summed E-state index contributed by atoms with van der Waals surface area (Å²) >= 11 is 0. The van der Waals surface area contributed by atoms with Crippen LogP contribution in [0.3, 0.4) is 0 Å². The predicted molar refractivity (Wildman–Crippen MR) is 117 cm³/mol. The van der Waals surface area contributed by atoms with Crippen LogP contribution in [0.1, 0.15) is 15.9 Å². The fraction of sp³-hybridized carbons (Fsp3) is 0.0455. The molecule has 0 saturated heterocycles. The SMILES string of the molecule is Nc1n[nH]c2cccc(C(=O)Nc3cccc(CNC(=O)Nc4ccccc4F)c3)c12. The lowest BCUT2D eigenvalue weighted by Gasteiger charge is -2.10. The summed E-state index contributed by atoms with van der Waals surface area (Å²) in [6.45, 7) is 0.189. The van der Waals surface area contributed by atoms with E-state index in [1.54, 1.807) is 54.6 Å². The molecule has 0 aliphatic heterocycles. The Bertz CT molecular complexity index is 1270. The first kappa shape index (κ1) is 19.9. The number of nitrogens with zero attached hydrogens (tertiary/aromatic N) is 1. The molecule has 0 fully saturated rings. The maximum atomic E-state index is 13.6. The molecule has 0 aliphatic rings. The topological polar surface area (TPSA) is 125 Å². The van der Waals surface area contributed by atoms with E-state index in [1.807, 2.05) is 0 Å². The number of anilines is 3. The van der Waals surface area contributed by atoms with Crippen LogP contribution in [-0.4, -0.2) is 22.1 Å². The second-order valence-electron chi connectivity index (χ2n) is 6.78. The molecule has 0 radical (unpaired) electrons. The molecule has 0 aliphatic carbocycles. The van der Waals surface area contributed by atoms with Gasteiger partial charge in [0.1, 0.15) is 5.82 Å². The van der Waals surface area contributed by atoms with Crippen LogP contribution in [0.25, 0.3) is 10.9 Å². The van der Waals surface area contributed by atoms with Gasteiger partial charge in [-0.2, -0.15) is 5.10 Å². The normalized spacial score (nSPS) is 10.6. The number of H-pyrrole nitrogens is 1. The van der Waals surface area contributed by atoms with Crippen molar-refractivity contribution in [2.24, 2.45) is 0 Å². The second kappa shape index (κ2) is 8.54. The van der Waals surface area contributed by atoms with Gasteiger partial charge in [-0.3, -0.25) is 9.89 Å². The molecule has 0 atom stereocenters. The highest BCUT2D eigenvalue weighted by Gasteiger charge is 2.14. The van der Waals surface area contributed by atoms with Crippen LogP contribution in [0.4, 0.5) is 26.4 Å². The number of amides is 3. The lowest BCUT2D eigenvalue weighted by atomic mass is 10.1. The smallest absolute Gasteiger partial charge is 0.319 e. The van der Waals surface area contributed by atoms with Gasteiger partial charge in [-0.25, -0.2) is 9.18 Å². The quantitative estimate of drug-likeness (QED) is 0.337. The number of urea groups is 1. The van der Waals surface area contributed by atoms with E-state index < -0.39 is 11.8 Å². The van der Waals surface area contributed by atoms with Crippen LogP contribution in [0.15, 0.2) is 66.7 Å². The Labute approximate surface area is 176 Å². The zero-order chi connectivity index (χ0) is 21.8. The first-order valence-corrected chi connectivity index (χ1v) is 9.43. The molecule has 3 amide bonds. The average Bonchev–Trinajstić information content (AvgIpc) is 3.15. The zero-order valence-corrected chi connectivity index (χ0v) is 16.3. The molecule has 1 heterocycles. The molecular weight excluding hydrogens is 399 g/mol. The van der Waals surface area contributed by atoms with E-state index in [2.05, 4.69) is 26.1 Å². The summed E-state index contributed by atoms with van der Waals surface area (Å²) in [4.78, 5) is 24.8. The van der Waals surface area contributed by atoms with Crippen molar-refractivity contribution in [2.45, 2.75) is 6.54 Å². The number of nitrogens with two attached hydrogens (primary N) is 1. The summed E-state index contributed by atoms with van der Waals surface area (Å²) in [6.07, 6.45) is 0. The molecule has 3 aromatic carbocycles. The summed E-state index contributed by atoms with van der Waals surface area (Å²) in [6, 6.07) is 17.6. The summed E-state index contributed by atoms with van der Waals surface area (Å²) < 4.78 is 13.6. The van der Waals surface area contributed by atoms with E-state index in [0.29, 0.717) is 22.2 Å². The Morgan fingerprint density at radius 3 is 2.65 bits per heavy atom. The van der Waals surface area contributed by atoms with Crippen molar-refractivity contribution in [1.82, 2.24) is 15.5 Å². The minimum Gasteiger partial charge on any atom is -0.382 e. The van der Waals surface area contributed by atoms with Gasteiger partial charge in [-0.05, 0) is 42.0 Å². The summed E-state index contributed by atoms with van der Waals surface area (Å²) in [5.74, 6) is -0.601. The molecule has 31 heavy (non-hydrogen) atoms. The third-order valence-electron chi connectivity index (χ3n) is 4.62. The van der Waals surface area contributed by atoms with Crippen LogP contribution < -0.4 is 21.7 Å². The van der Waals surface area contributed by atoms with E-state index in [9.17, 15) is 14.0 Å².